The van der Waals surface area contributed by atoms with E-state index in [2.05, 4.69) is 228 Å². The number of para-hydroxylation sites is 2. The Morgan fingerprint density at radius 2 is 0.881 bits per heavy atom. The number of benzene rings is 10. The zero-order valence-corrected chi connectivity index (χ0v) is 32.9. The summed E-state index contributed by atoms with van der Waals surface area (Å²) in [6.45, 7) is 0. The highest BCUT2D eigenvalue weighted by Gasteiger charge is 2.19. The summed E-state index contributed by atoms with van der Waals surface area (Å²) < 4.78 is 4.97. The Hall–Kier alpha value is -7.46. The van der Waals surface area contributed by atoms with Crippen molar-refractivity contribution in [2.24, 2.45) is 0 Å². The first-order valence-electron chi connectivity index (χ1n) is 20.2. The Morgan fingerprint density at radius 1 is 0.322 bits per heavy atom. The van der Waals surface area contributed by atoms with Crippen molar-refractivity contribution < 1.29 is 0 Å². The van der Waals surface area contributed by atoms with E-state index < -0.39 is 0 Å². The van der Waals surface area contributed by atoms with Gasteiger partial charge in [0.05, 0.1) is 11.0 Å². The van der Waals surface area contributed by atoms with Gasteiger partial charge in [0.25, 0.3) is 0 Å². The van der Waals surface area contributed by atoms with Crippen LogP contribution in [-0.2, 0) is 0 Å². The maximum atomic E-state index is 2.42. The Labute approximate surface area is 346 Å². The number of rotatable bonds is 6. The molecule has 59 heavy (non-hydrogen) atoms. The van der Waals surface area contributed by atoms with E-state index in [-0.39, 0.29) is 0 Å². The highest BCUT2D eigenvalue weighted by molar-refractivity contribution is 7.25. The van der Waals surface area contributed by atoms with Gasteiger partial charge in [-0.3, -0.25) is 0 Å². The molecule has 0 aliphatic carbocycles. The minimum atomic E-state index is 1.10. The van der Waals surface area contributed by atoms with Crippen molar-refractivity contribution in [3.8, 4) is 27.9 Å². The molecule has 0 atom stereocenters. The molecule has 2 heterocycles. The Bertz CT molecular complexity index is 3540. The summed E-state index contributed by atoms with van der Waals surface area (Å²) in [6.07, 6.45) is 0. The van der Waals surface area contributed by atoms with Gasteiger partial charge in [0.15, 0.2) is 0 Å². The summed E-state index contributed by atoms with van der Waals surface area (Å²) in [7, 11) is 0. The van der Waals surface area contributed by atoms with Crippen molar-refractivity contribution in [1.82, 2.24) is 4.57 Å². The van der Waals surface area contributed by atoms with E-state index >= 15 is 0 Å². The highest BCUT2D eigenvalue weighted by Crippen LogP contribution is 2.45. The Balaban J connectivity index is 1.06. The molecule has 0 aliphatic rings. The minimum Gasteiger partial charge on any atom is -0.310 e. The molecule has 3 heteroatoms. The van der Waals surface area contributed by atoms with Gasteiger partial charge in [-0.1, -0.05) is 140 Å². The molecule has 0 bridgehead atoms. The van der Waals surface area contributed by atoms with Gasteiger partial charge in [0.2, 0.25) is 0 Å². The first-order chi connectivity index (χ1) is 29.2. The van der Waals surface area contributed by atoms with Crippen molar-refractivity contribution in [3.63, 3.8) is 0 Å². The second kappa shape index (κ2) is 13.6. The van der Waals surface area contributed by atoms with Gasteiger partial charge in [0, 0.05) is 53.7 Å². The molecule has 0 fully saturated rings. The lowest BCUT2D eigenvalue weighted by molar-refractivity contribution is 1.18. The van der Waals surface area contributed by atoms with Gasteiger partial charge in [-0.25, -0.2) is 0 Å². The molecule has 2 nitrogen and oxygen atoms in total. The number of nitrogens with zero attached hydrogens (tertiary/aromatic N) is 2. The summed E-state index contributed by atoms with van der Waals surface area (Å²) >= 11 is 1.87. The van der Waals surface area contributed by atoms with E-state index in [1.807, 2.05) is 11.3 Å². The largest absolute Gasteiger partial charge is 0.310 e. The van der Waals surface area contributed by atoms with Gasteiger partial charge < -0.3 is 9.47 Å². The first kappa shape index (κ1) is 33.7. The monoisotopic (exact) mass is 768 g/mol. The molecule has 0 spiro atoms. The molecular weight excluding hydrogens is 733 g/mol. The topological polar surface area (TPSA) is 8.17 Å². The number of aromatic nitrogens is 1. The molecule has 12 aromatic rings. The fourth-order valence-corrected chi connectivity index (χ4v) is 10.3. The number of hydrogen-bond donors (Lipinski definition) is 0. The standard InChI is InChI=1S/C56H36N2S/c1-3-13-37(14-4-1)38-23-26-42(27-24-38)57(44-28-30-49-48-21-11-12-22-53(48)58(54(49)36-44)41-16-5-2-6-17-41)43-29-32-56-52(35-43)51-34-40(25-31-55(51)59-56)50-33-39-15-7-8-18-45(39)46-19-9-10-20-47(46)50/h1-36H. The van der Waals surface area contributed by atoms with E-state index in [9.17, 15) is 0 Å². The molecule has 10 aromatic carbocycles. The van der Waals surface area contributed by atoms with Gasteiger partial charge in [0.1, 0.15) is 0 Å². The molecule has 0 aliphatic heterocycles. The van der Waals surface area contributed by atoms with Crippen molar-refractivity contribution in [2.75, 3.05) is 4.90 Å². The van der Waals surface area contributed by atoms with Crippen LogP contribution in [0.4, 0.5) is 17.1 Å². The number of hydrogen-bond acceptors (Lipinski definition) is 2. The van der Waals surface area contributed by atoms with Crippen molar-refractivity contribution in [1.29, 1.82) is 0 Å². The van der Waals surface area contributed by atoms with Crippen molar-refractivity contribution in [2.45, 2.75) is 0 Å². The molecule has 0 saturated carbocycles. The van der Waals surface area contributed by atoms with Crippen LogP contribution in [0.25, 0.3) is 91.5 Å². The van der Waals surface area contributed by atoms with Crippen LogP contribution in [0, 0.1) is 0 Å². The lowest BCUT2D eigenvalue weighted by Crippen LogP contribution is -2.10. The van der Waals surface area contributed by atoms with Gasteiger partial charge in [-0.15, -0.1) is 11.3 Å². The molecule has 2 aromatic heterocycles. The lowest BCUT2D eigenvalue weighted by Gasteiger charge is -2.26. The van der Waals surface area contributed by atoms with Crippen LogP contribution in [0.15, 0.2) is 218 Å². The molecule has 276 valence electrons. The molecule has 0 amide bonds. The second-order valence-corrected chi connectivity index (χ2v) is 16.4. The fourth-order valence-electron chi connectivity index (χ4n) is 9.20. The van der Waals surface area contributed by atoms with Crippen LogP contribution in [0.1, 0.15) is 0 Å². The maximum absolute atomic E-state index is 2.42. The zero-order valence-electron chi connectivity index (χ0n) is 32.1. The minimum absolute atomic E-state index is 1.10. The third-order valence-electron chi connectivity index (χ3n) is 12.0. The van der Waals surface area contributed by atoms with Crippen molar-refractivity contribution >= 4 is 91.9 Å². The lowest BCUT2D eigenvalue weighted by atomic mass is 9.93. The second-order valence-electron chi connectivity index (χ2n) is 15.3. The summed E-state index contributed by atoms with van der Waals surface area (Å²) in [5, 5.41) is 10.1. The van der Waals surface area contributed by atoms with E-state index in [0.717, 1.165) is 22.7 Å². The average molecular weight is 769 g/mol. The quantitative estimate of drug-likeness (QED) is 0.153. The summed E-state index contributed by atoms with van der Waals surface area (Å²) in [5.74, 6) is 0. The fraction of sp³-hybridized carbons (Fsp3) is 0. The zero-order chi connectivity index (χ0) is 38.9. The van der Waals surface area contributed by atoms with Gasteiger partial charge in [-0.05, 0) is 123 Å². The average Bonchev–Trinajstić information content (AvgIpc) is 3.84. The third-order valence-corrected chi connectivity index (χ3v) is 13.1. The van der Waals surface area contributed by atoms with Crippen LogP contribution in [0.2, 0.25) is 0 Å². The van der Waals surface area contributed by atoms with Crippen molar-refractivity contribution in [3.05, 3.63) is 218 Å². The normalized spacial score (nSPS) is 11.7. The van der Waals surface area contributed by atoms with E-state index in [0.29, 0.717) is 0 Å². The van der Waals surface area contributed by atoms with Crippen LogP contribution in [0.5, 0.6) is 0 Å². The molecule has 0 radical (unpaired) electrons. The summed E-state index contributed by atoms with van der Waals surface area (Å²) in [6, 6.07) is 80.0. The van der Waals surface area contributed by atoms with Gasteiger partial charge in [-0.2, -0.15) is 0 Å². The molecule has 0 saturated heterocycles. The molecular formula is C56H36N2S. The van der Waals surface area contributed by atoms with E-state index in [1.54, 1.807) is 0 Å². The third kappa shape index (κ3) is 5.55. The smallest absolute Gasteiger partial charge is 0.0561 e. The number of thiophene rings is 1. The van der Waals surface area contributed by atoms with Crippen LogP contribution >= 0.6 is 11.3 Å². The van der Waals surface area contributed by atoms with E-state index in [4.69, 9.17) is 0 Å². The molecule has 12 rings (SSSR count). The SMILES string of the molecule is c1ccc(-c2ccc(N(c3ccc4sc5ccc(-c6cc7ccccc7c7ccccc67)cc5c4c3)c3ccc4c5ccccc5n(-c5ccccc5)c4c3)cc2)cc1. The maximum Gasteiger partial charge on any atom is 0.0561 e. The summed E-state index contributed by atoms with van der Waals surface area (Å²) in [4.78, 5) is 2.42. The van der Waals surface area contributed by atoms with Crippen LogP contribution in [0.3, 0.4) is 0 Å². The number of anilines is 3. The Morgan fingerprint density at radius 3 is 1.69 bits per heavy atom. The Kier molecular flexibility index (Phi) is 7.75. The number of fused-ring (bicyclic) bond motifs is 9. The van der Waals surface area contributed by atoms with Crippen LogP contribution < -0.4 is 4.90 Å². The highest BCUT2D eigenvalue weighted by atomic mass is 32.1. The first-order valence-corrected chi connectivity index (χ1v) is 21.0. The predicted octanol–water partition coefficient (Wildman–Crippen LogP) is 16.3. The van der Waals surface area contributed by atoms with E-state index in [1.165, 1.54) is 85.8 Å². The molecule has 0 unspecified atom stereocenters. The van der Waals surface area contributed by atoms with Crippen LogP contribution in [-0.4, -0.2) is 4.57 Å². The summed E-state index contributed by atoms with van der Waals surface area (Å²) in [5.41, 5.74) is 11.8. The van der Waals surface area contributed by atoms with Gasteiger partial charge >= 0.3 is 0 Å². The predicted molar refractivity (Wildman–Crippen MR) is 254 cm³/mol. The molecule has 0 N–H and O–H groups in total.